The minimum Gasteiger partial charge on any atom is -0.316 e. The molecule has 1 aliphatic rings. The highest BCUT2D eigenvalue weighted by Gasteiger charge is 2.48. The van der Waals surface area contributed by atoms with Gasteiger partial charge in [-0.1, -0.05) is 13.8 Å². The normalized spacial score (nSPS) is 20.9. The van der Waals surface area contributed by atoms with Crippen LogP contribution < -0.4 is 10.0 Å². The lowest BCUT2D eigenvalue weighted by atomic mass is 10.1. The molecule has 1 atom stereocenters. The molecule has 0 amide bonds. The van der Waals surface area contributed by atoms with Gasteiger partial charge < -0.3 is 5.32 Å². The Labute approximate surface area is 119 Å². The van der Waals surface area contributed by atoms with Crippen LogP contribution in [0, 0.1) is 18.2 Å². The Bertz CT molecular complexity index is 626. The predicted octanol–water partition coefficient (Wildman–Crippen LogP) is 1.93. The highest BCUT2D eigenvalue weighted by atomic mass is 32.2. The van der Waals surface area contributed by atoms with Crippen molar-refractivity contribution in [3.05, 3.63) is 29.1 Å². The van der Waals surface area contributed by atoms with E-state index in [1.807, 2.05) is 13.8 Å². The Morgan fingerprint density at radius 1 is 1.40 bits per heavy atom. The van der Waals surface area contributed by atoms with Gasteiger partial charge in [-0.25, -0.2) is 17.5 Å². The van der Waals surface area contributed by atoms with Crippen LogP contribution in [0.5, 0.6) is 0 Å². The van der Waals surface area contributed by atoms with Crippen molar-refractivity contribution < 1.29 is 12.8 Å². The molecule has 4 nitrogen and oxygen atoms in total. The average Bonchev–Trinajstić information content (AvgIpc) is 2.89. The van der Waals surface area contributed by atoms with Crippen molar-refractivity contribution >= 4 is 10.0 Å². The van der Waals surface area contributed by atoms with Gasteiger partial charge >= 0.3 is 0 Å². The van der Waals surface area contributed by atoms with Crippen molar-refractivity contribution in [2.24, 2.45) is 5.41 Å². The van der Waals surface area contributed by atoms with Crippen LogP contribution in [0.2, 0.25) is 0 Å². The third-order valence-electron chi connectivity index (χ3n) is 3.84. The summed E-state index contributed by atoms with van der Waals surface area (Å²) in [4.78, 5) is 0.0328. The largest absolute Gasteiger partial charge is 0.316 e. The van der Waals surface area contributed by atoms with Crippen LogP contribution in [-0.4, -0.2) is 21.5 Å². The molecule has 1 unspecified atom stereocenters. The quantitative estimate of drug-likeness (QED) is 0.873. The molecule has 1 aromatic carbocycles. The van der Waals surface area contributed by atoms with Gasteiger partial charge in [0.2, 0.25) is 10.0 Å². The Kier molecular flexibility index (Phi) is 3.92. The molecular formula is C14H21FN2O2S. The van der Waals surface area contributed by atoms with E-state index in [2.05, 4.69) is 10.0 Å². The molecule has 1 fully saturated rings. The first-order chi connectivity index (χ1) is 9.17. The van der Waals surface area contributed by atoms with Gasteiger partial charge in [-0.3, -0.25) is 0 Å². The number of sulfonamides is 1. The van der Waals surface area contributed by atoms with E-state index in [9.17, 15) is 12.8 Å². The Hall–Kier alpha value is -0.980. The maximum atomic E-state index is 13.9. The standard InChI is InChI=1S/C14H21FN2O2S/c1-9-11(15)5-10(8-16-4)6-12(9)20(18,19)17-13-7-14(13,2)3/h5-6,13,16-17H,7-8H2,1-4H3. The summed E-state index contributed by atoms with van der Waals surface area (Å²) in [6.45, 7) is 5.93. The summed E-state index contributed by atoms with van der Waals surface area (Å²) >= 11 is 0. The molecule has 0 saturated heterocycles. The molecule has 0 radical (unpaired) electrons. The molecule has 0 aromatic heterocycles. The summed E-state index contributed by atoms with van der Waals surface area (Å²) in [6, 6.07) is 2.83. The van der Waals surface area contributed by atoms with Crippen LogP contribution in [0.15, 0.2) is 17.0 Å². The molecule has 1 aliphatic carbocycles. The zero-order chi connectivity index (χ0) is 15.1. The third kappa shape index (κ3) is 3.02. The summed E-state index contributed by atoms with van der Waals surface area (Å²) in [5.74, 6) is -0.492. The number of hydrogen-bond acceptors (Lipinski definition) is 3. The molecule has 6 heteroatoms. The number of hydrogen-bond donors (Lipinski definition) is 2. The molecule has 112 valence electrons. The number of nitrogens with one attached hydrogen (secondary N) is 2. The van der Waals surface area contributed by atoms with Crippen molar-refractivity contribution in [3.8, 4) is 0 Å². The number of benzene rings is 1. The van der Waals surface area contributed by atoms with Gasteiger partial charge in [0.15, 0.2) is 0 Å². The molecule has 2 N–H and O–H groups in total. The minimum absolute atomic E-state index is 0.0118. The van der Waals surface area contributed by atoms with Crippen LogP contribution in [0.1, 0.15) is 31.4 Å². The summed E-state index contributed by atoms with van der Waals surface area (Å²) in [5.41, 5.74) is 0.768. The molecular weight excluding hydrogens is 279 g/mol. The van der Waals surface area contributed by atoms with Crippen molar-refractivity contribution in [3.63, 3.8) is 0 Å². The lowest BCUT2D eigenvalue weighted by Crippen LogP contribution is -2.29. The Morgan fingerprint density at radius 2 is 2.00 bits per heavy atom. The lowest BCUT2D eigenvalue weighted by Gasteiger charge is -2.13. The second-order valence-corrected chi connectivity index (χ2v) is 7.78. The highest BCUT2D eigenvalue weighted by Crippen LogP contribution is 2.45. The first kappa shape index (κ1) is 15.4. The molecule has 1 saturated carbocycles. The molecule has 0 heterocycles. The van der Waals surface area contributed by atoms with Gasteiger partial charge in [0.1, 0.15) is 5.82 Å². The molecule has 0 bridgehead atoms. The summed E-state index contributed by atoms with van der Waals surface area (Å²) in [6.07, 6.45) is 0.809. The molecule has 0 aliphatic heterocycles. The second-order valence-electron chi connectivity index (χ2n) is 6.10. The summed E-state index contributed by atoms with van der Waals surface area (Å²) < 4.78 is 41.3. The van der Waals surface area contributed by atoms with Crippen LogP contribution in [-0.2, 0) is 16.6 Å². The average molecular weight is 300 g/mol. The Morgan fingerprint density at radius 3 is 2.50 bits per heavy atom. The molecule has 2 rings (SSSR count). The summed E-state index contributed by atoms with van der Waals surface area (Å²) in [5, 5.41) is 2.89. The van der Waals surface area contributed by atoms with E-state index in [0.29, 0.717) is 12.1 Å². The molecule has 20 heavy (non-hydrogen) atoms. The predicted molar refractivity (Wildman–Crippen MR) is 76.4 cm³/mol. The lowest BCUT2D eigenvalue weighted by molar-refractivity contribution is 0.551. The van der Waals surface area contributed by atoms with E-state index < -0.39 is 15.8 Å². The fraction of sp³-hybridized carbons (Fsp3) is 0.571. The molecule has 1 aromatic rings. The monoisotopic (exact) mass is 300 g/mol. The van der Waals surface area contributed by atoms with Gasteiger partial charge in [0, 0.05) is 18.2 Å². The third-order valence-corrected chi connectivity index (χ3v) is 5.44. The SMILES string of the molecule is CNCc1cc(F)c(C)c(S(=O)(=O)NC2CC2(C)C)c1. The molecule has 0 spiro atoms. The number of rotatable bonds is 5. The van der Waals surface area contributed by atoms with Crippen LogP contribution in [0.4, 0.5) is 4.39 Å². The zero-order valence-corrected chi connectivity index (χ0v) is 13.1. The van der Waals surface area contributed by atoms with Crippen LogP contribution in [0.25, 0.3) is 0 Å². The van der Waals surface area contributed by atoms with Crippen molar-refractivity contribution in [2.75, 3.05) is 7.05 Å². The maximum absolute atomic E-state index is 13.9. The van der Waals surface area contributed by atoms with Gasteiger partial charge in [0.25, 0.3) is 0 Å². The second kappa shape index (κ2) is 5.09. The van der Waals surface area contributed by atoms with Gasteiger partial charge in [0.05, 0.1) is 4.90 Å². The smallest absolute Gasteiger partial charge is 0.241 e. The van der Waals surface area contributed by atoms with E-state index >= 15 is 0 Å². The van der Waals surface area contributed by atoms with Crippen LogP contribution in [0.3, 0.4) is 0 Å². The van der Waals surface area contributed by atoms with Gasteiger partial charge in [-0.15, -0.1) is 0 Å². The number of halogens is 1. The Balaban J connectivity index is 2.35. The van der Waals surface area contributed by atoms with E-state index in [-0.39, 0.29) is 21.9 Å². The van der Waals surface area contributed by atoms with Crippen LogP contribution >= 0.6 is 0 Å². The first-order valence-electron chi connectivity index (χ1n) is 6.63. The minimum atomic E-state index is -3.68. The maximum Gasteiger partial charge on any atom is 0.241 e. The van der Waals surface area contributed by atoms with Crippen molar-refractivity contribution in [2.45, 2.75) is 44.7 Å². The zero-order valence-electron chi connectivity index (χ0n) is 12.2. The topological polar surface area (TPSA) is 58.2 Å². The summed E-state index contributed by atoms with van der Waals surface area (Å²) in [7, 11) is -1.95. The highest BCUT2D eigenvalue weighted by molar-refractivity contribution is 7.89. The van der Waals surface area contributed by atoms with Crippen molar-refractivity contribution in [1.29, 1.82) is 0 Å². The van der Waals surface area contributed by atoms with Gasteiger partial charge in [-0.2, -0.15) is 0 Å². The van der Waals surface area contributed by atoms with Crippen molar-refractivity contribution in [1.82, 2.24) is 10.0 Å². The fourth-order valence-electron chi connectivity index (χ4n) is 2.21. The van der Waals surface area contributed by atoms with E-state index in [1.54, 1.807) is 7.05 Å². The van der Waals surface area contributed by atoms with E-state index in [0.717, 1.165) is 6.42 Å². The van der Waals surface area contributed by atoms with E-state index in [4.69, 9.17) is 0 Å². The first-order valence-corrected chi connectivity index (χ1v) is 8.11. The fourth-order valence-corrected chi connectivity index (χ4v) is 3.92. The van der Waals surface area contributed by atoms with E-state index in [1.165, 1.54) is 19.1 Å². The van der Waals surface area contributed by atoms with Gasteiger partial charge in [-0.05, 0) is 43.5 Å².